The highest BCUT2D eigenvalue weighted by molar-refractivity contribution is 7.98. The third-order valence-electron chi connectivity index (χ3n) is 4.77. The Bertz CT molecular complexity index is 1260. The Morgan fingerprint density at radius 2 is 1.76 bits per heavy atom. The van der Waals surface area contributed by atoms with Crippen molar-refractivity contribution in [1.29, 1.82) is 0 Å². The summed E-state index contributed by atoms with van der Waals surface area (Å²) in [7, 11) is 3.34. The lowest BCUT2D eigenvalue weighted by Gasteiger charge is -2.11. The largest absolute Gasteiger partial charge is 0.484 e. The van der Waals surface area contributed by atoms with Gasteiger partial charge in [0, 0.05) is 48.9 Å². The van der Waals surface area contributed by atoms with Gasteiger partial charge >= 0.3 is 0 Å². The van der Waals surface area contributed by atoms with E-state index in [0.717, 1.165) is 10.9 Å². The zero-order chi connectivity index (χ0) is 23.2. The molecule has 0 saturated carbocycles. The van der Waals surface area contributed by atoms with Gasteiger partial charge in [-0.15, -0.1) is 0 Å². The molecule has 4 rings (SSSR count). The van der Waals surface area contributed by atoms with Crippen molar-refractivity contribution in [2.75, 3.05) is 26.0 Å². The van der Waals surface area contributed by atoms with Gasteiger partial charge < -0.3 is 19.4 Å². The van der Waals surface area contributed by atoms with Crippen LogP contribution in [0.1, 0.15) is 16.1 Å². The van der Waals surface area contributed by atoms with Crippen LogP contribution in [0.2, 0.25) is 0 Å². The summed E-state index contributed by atoms with van der Waals surface area (Å²) in [6.45, 7) is -0.0517. The molecule has 0 fully saturated rings. The number of hydrogen-bond donors (Lipinski definition) is 1. The van der Waals surface area contributed by atoms with Crippen LogP contribution >= 0.6 is 11.8 Å². The van der Waals surface area contributed by atoms with E-state index in [1.165, 1.54) is 16.7 Å². The Balaban J connectivity index is 1.49. The molecule has 2 heterocycles. The average molecular weight is 463 g/mol. The standard InChI is InChI=1S/C24H22N4O4S/c1-28(2)21(29)14-31-17-10-8-16(9-11-17)27-23(30)22-19(15-33-24-25-12-5-13-26-24)18-6-3-4-7-20(18)32-22/h3-13H,14-15H2,1-2H3,(H,27,30). The molecule has 0 atom stereocenters. The molecule has 0 bridgehead atoms. The van der Waals surface area contributed by atoms with Gasteiger partial charge in [-0.3, -0.25) is 9.59 Å². The molecule has 0 spiro atoms. The van der Waals surface area contributed by atoms with E-state index in [9.17, 15) is 9.59 Å². The number of likely N-dealkylation sites (N-methyl/N-ethyl adjacent to an activating group) is 1. The van der Waals surface area contributed by atoms with E-state index >= 15 is 0 Å². The van der Waals surface area contributed by atoms with E-state index in [1.54, 1.807) is 56.8 Å². The zero-order valence-corrected chi connectivity index (χ0v) is 19.0. The van der Waals surface area contributed by atoms with Gasteiger partial charge in [0.05, 0.1) is 0 Å². The molecule has 1 N–H and O–H groups in total. The molecule has 9 heteroatoms. The molecule has 2 amide bonds. The summed E-state index contributed by atoms with van der Waals surface area (Å²) in [5, 5.41) is 4.36. The third kappa shape index (κ3) is 5.50. The number of thioether (sulfide) groups is 1. The second kappa shape index (κ2) is 10.2. The van der Waals surface area contributed by atoms with Crippen molar-refractivity contribution in [1.82, 2.24) is 14.9 Å². The van der Waals surface area contributed by atoms with Crippen LogP contribution in [-0.2, 0) is 10.5 Å². The predicted octanol–water partition coefficient (Wildman–Crippen LogP) is 4.23. The lowest BCUT2D eigenvalue weighted by Crippen LogP contribution is -2.27. The van der Waals surface area contributed by atoms with Crippen LogP contribution in [0.25, 0.3) is 11.0 Å². The Morgan fingerprint density at radius 3 is 2.48 bits per heavy atom. The summed E-state index contributed by atoms with van der Waals surface area (Å²) in [6, 6.07) is 16.1. The summed E-state index contributed by atoms with van der Waals surface area (Å²) in [4.78, 5) is 34.6. The number of benzene rings is 2. The van der Waals surface area contributed by atoms with Crippen LogP contribution < -0.4 is 10.1 Å². The first-order valence-corrected chi connectivity index (χ1v) is 11.1. The fraction of sp³-hybridized carbons (Fsp3) is 0.167. The van der Waals surface area contributed by atoms with Gasteiger partial charge in [0.15, 0.2) is 17.5 Å². The highest BCUT2D eigenvalue weighted by Gasteiger charge is 2.21. The van der Waals surface area contributed by atoms with Crippen LogP contribution in [0.15, 0.2) is 76.6 Å². The van der Waals surface area contributed by atoms with Gasteiger partial charge in [-0.05, 0) is 36.4 Å². The summed E-state index contributed by atoms with van der Waals surface area (Å²) in [6.07, 6.45) is 3.36. The number of aromatic nitrogens is 2. The number of hydrogen-bond acceptors (Lipinski definition) is 7. The molecule has 0 radical (unpaired) electrons. The molecule has 2 aromatic carbocycles. The minimum Gasteiger partial charge on any atom is -0.484 e. The highest BCUT2D eigenvalue weighted by Crippen LogP contribution is 2.31. The van der Waals surface area contributed by atoms with Gasteiger partial charge in [0.2, 0.25) is 0 Å². The molecule has 33 heavy (non-hydrogen) atoms. The third-order valence-corrected chi connectivity index (χ3v) is 5.67. The van der Waals surface area contributed by atoms with Crippen LogP contribution in [-0.4, -0.2) is 47.4 Å². The second-order valence-corrected chi connectivity index (χ2v) is 8.22. The Hall–Kier alpha value is -3.85. The first-order valence-electron chi connectivity index (χ1n) is 10.2. The molecule has 8 nitrogen and oxygen atoms in total. The maximum atomic E-state index is 13.1. The number of furan rings is 1. The lowest BCUT2D eigenvalue weighted by molar-refractivity contribution is -0.130. The average Bonchev–Trinajstić information content (AvgIpc) is 3.21. The van der Waals surface area contributed by atoms with E-state index in [0.29, 0.717) is 27.9 Å². The van der Waals surface area contributed by atoms with Gasteiger partial charge in [0.25, 0.3) is 11.8 Å². The summed E-state index contributed by atoms with van der Waals surface area (Å²) in [5.74, 6) is 0.774. The molecule has 4 aromatic rings. The first-order chi connectivity index (χ1) is 16.0. The number of amides is 2. The van der Waals surface area contributed by atoms with Gasteiger partial charge in [-0.1, -0.05) is 30.0 Å². The molecular formula is C24H22N4O4S. The topological polar surface area (TPSA) is 97.6 Å². The molecule has 0 saturated heterocycles. The number of nitrogens with zero attached hydrogens (tertiary/aromatic N) is 3. The first kappa shape index (κ1) is 22.3. The zero-order valence-electron chi connectivity index (χ0n) is 18.1. The highest BCUT2D eigenvalue weighted by atomic mass is 32.2. The lowest BCUT2D eigenvalue weighted by atomic mass is 10.1. The fourth-order valence-electron chi connectivity index (χ4n) is 3.02. The van der Waals surface area contributed by atoms with Crippen LogP contribution in [0.3, 0.4) is 0 Å². The molecule has 0 aliphatic rings. The minimum atomic E-state index is -0.354. The van der Waals surface area contributed by atoms with Crippen LogP contribution in [0, 0.1) is 0 Å². The fourth-order valence-corrected chi connectivity index (χ4v) is 3.85. The van der Waals surface area contributed by atoms with Crippen LogP contribution in [0.4, 0.5) is 5.69 Å². The Morgan fingerprint density at radius 1 is 1.03 bits per heavy atom. The SMILES string of the molecule is CN(C)C(=O)COc1ccc(NC(=O)c2oc3ccccc3c2CSc2ncccn2)cc1. The number of rotatable bonds is 8. The maximum absolute atomic E-state index is 13.1. The molecule has 168 valence electrons. The monoisotopic (exact) mass is 462 g/mol. The van der Waals surface area contributed by atoms with Crippen molar-refractivity contribution in [3.8, 4) is 5.75 Å². The van der Waals surface area contributed by atoms with Gasteiger partial charge in [-0.25, -0.2) is 9.97 Å². The van der Waals surface area contributed by atoms with Crippen molar-refractivity contribution in [3.05, 3.63) is 78.3 Å². The van der Waals surface area contributed by atoms with Crippen molar-refractivity contribution in [2.45, 2.75) is 10.9 Å². The van der Waals surface area contributed by atoms with E-state index in [2.05, 4.69) is 15.3 Å². The normalized spacial score (nSPS) is 10.7. The van der Waals surface area contributed by atoms with Gasteiger partial charge in [0.1, 0.15) is 11.3 Å². The Kier molecular flexibility index (Phi) is 6.89. The van der Waals surface area contributed by atoms with Crippen molar-refractivity contribution in [3.63, 3.8) is 0 Å². The van der Waals surface area contributed by atoms with Crippen molar-refractivity contribution < 1.29 is 18.7 Å². The second-order valence-electron chi connectivity index (χ2n) is 7.28. The van der Waals surface area contributed by atoms with Crippen molar-refractivity contribution >= 4 is 40.2 Å². The molecule has 2 aromatic heterocycles. The minimum absolute atomic E-state index is 0.0517. The van der Waals surface area contributed by atoms with E-state index < -0.39 is 0 Å². The number of carbonyl (C=O) groups is 2. The quantitative estimate of drug-likeness (QED) is 0.309. The number of fused-ring (bicyclic) bond motifs is 1. The smallest absolute Gasteiger partial charge is 0.291 e. The predicted molar refractivity (Wildman–Crippen MR) is 126 cm³/mol. The molecule has 0 unspecified atom stereocenters. The van der Waals surface area contributed by atoms with Crippen LogP contribution in [0.5, 0.6) is 5.75 Å². The number of ether oxygens (including phenoxy) is 1. The van der Waals surface area contributed by atoms with Gasteiger partial charge in [-0.2, -0.15) is 0 Å². The van der Waals surface area contributed by atoms with E-state index in [-0.39, 0.29) is 24.2 Å². The molecular weight excluding hydrogens is 440 g/mol. The summed E-state index contributed by atoms with van der Waals surface area (Å²) >= 11 is 1.43. The number of anilines is 1. The van der Waals surface area contributed by atoms with E-state index in [4.69, 9.17) is 9.15 Å². The van der Waals surface area contributed by atoms with E-state index in [1.807, 2.05) is 24.3 Å². The maximum Gasteiger partial charge on any atom is 0.291 e. The summed E-state index contributed by atoms with van der Waals surface area (Å²) in [5.41, 5.74) is 2.00. The molecule has 0 aliphatic carbocycles. The van der Waals surface area contributed by atoms with Crippen molar-refractivity contribution in [2.24, 2.45) is 0 Å². The number of nitrogens with one attached hydrogen (secondary N) is 1. The number of para-hydroxylation sites is 1. The summed E-state index contributed by atoms with van der Waals surface area (Å²) < 4.78 is 11.4. The Labute approximate surface area is 195 Å². The molecule has 0 aliphatic heterocycles. The number of carbonyl (C=O) groups excluding carboxylic acids is 2.